The highest BCUT2D eigenvalue weighted by Crippen LogP contribution is 2.18. The van der Waals surface area contributed by atoms with Gasteiger partial charge in [-0.1, -0.05) is 12.1 Å². The Morgan fingerprint density at radius 3 is 3.17 bits per heavy atom. The number of β-amino-alcohol motifs (C(OH)–C–C–N with tert-alkyl or cyclic N) is 1. The molecule has 128 valence electrons. The predicted octanol–water partition coefficient (Wildman–Crippen LogP) is 1.00. The average Bonchev–Trinajstić information content (AvgIpc) is 3.03. The summed E-state index contributed by atoms with van der Waals surface area (Å²) >= 11 is 0. The van der Waals surface area contributed by atoms with Gasteiger partial charge in [0.25, 0.3) is 5.91 Å². The van der Waals surface area contributed by atoms with E-state index in [1.807, 2.05) is 31.2 Å². The van der Waals surface area contributed by atoms with Gasteiger partial charge >= 0.3 is 0 Å². The van der Waals surface area contributed by atoms with E-state index < -0.39 is 5.60 Å². The normalized spacial score (nSPS) is 21.3. The third-order valence-electron chi connectivity index (χ3n) is 3.87. The molecule has 1 atom stereocenters. The Kier molecular flexibility index (Phi) is 4.82. The number of amides is 1. The van der Waals surface area contributed by atoms with E-state index in [4.69, 9.17) is 9.47 Å². The molecular weight excluding hydrogens is 310 g/mol. The number of benzene rings is 1. The highest BCUT2D eigenvalue weighted by molar-refractivity contribution is 5.92. The second-order valence-corrected chi connectivity index (χ2v) is 6.07. The molecule has 2 N–H and O–H groups in total. The number of nitrogens with zero attached hydrogens (tertiary/aromatic N) is 2. The number of H-pyrrole nitrogens is 1. The Labute approximate surface area is 140 Å². The summed E-state index contributed by atoms with van der Waals surface area (Å²) in [6.45, 7) is 3.05. The number of nitrogens with one attached hydrogen (secondary N) is 1. The van der Waals surface area contributed by atoms with Gasteiger partial charge in [0.2, 0.25) is 0 Å². The van der Waals surface area contributed by atoms with Crippen molar-refractivity contribution in [1.29, 1.82) is 0 Å². The number of hydrogen-bond acceptors (Lipinski definition) is 5. The first-order valence-corrected chi connectivity index (χ1v) is 7.83. The number of aliphatic hydroxyl groups is 1. The van der Waals surface area contributed by atoms with E-state index >= 15 is 0 Å². The van der Waals surface area contributed by atoms with Crippen LogP contribution < -0.4 is 4.74 Å². The summed E-state index contributed by atoms with van der Waals surface area (Å²) in [5.74, 6) is 0.464. The van der Waals surface area contributed by atoms with Gasteiger partial charge in [-0.05, 0) is 24.6 Å². The maximum absolute atomic E-state index is 12.5. The minimum Gasteiger partial charge on any atom is -0.490 e. The summed E-state index contributed by atoms with van der Waals surface area (Å²) in [5.41, 5.74) is 0.196. The van der Waals surface area contributed by atoms with Crippen LogP contribution in [0.25, 0.3) is 0 Å². The first kappa shape index (κ1) is 16.5. The van der Waals surface area contributed by atoms with E-state index in [0.29, 0.717) is 24.6 Å². The smallest absolute Gasteiger partial charge is 0.272 e. The summed E-state index contributed by atoms with van der Waals surface area (Å²) in [5, 5.41) is 10.8. The van der Waals surface area contributed by atoms with Crippen LogP contribution in [0.4, 0.5) is 0 Å². The van der Waals surface area contributed by atoms with Gasteiger partial charge in [-0.25, -0.2) is 4.98 Å². The van der Waals surface area contributed by atoms with Crippen molar-refractivity contribution < 1.29 is 19.4 Å². The van der Waals surface area contributed by atoms with E-state index in [-0.39, 0.29) is 25.7 Å². The Morgan fingerprint density at radius 2 is 2.42 bits per heavy atom. The number of rotatable bonds is 4. The molecule has 7 nitrogen and oxygen atoms in total. The van der Waals surface area contributed by atoms with Gasteiger partial charge in [-0.2, -0.15) is 0 Å². The number of aromatic amines is 1. The Hall–Kier alpha value is -2.38. The molecule has 1 aliphatic heterocycles. The van der Waals surface area contributed by atoms with Crippen LogP contribution in [-0.2, 0) is 4.74 Å². The van der Waals surface area contributed by atoms with E-state index in [9.17, 15) is 9.90 Å². The summed E-state index contributed by atoms with van der Waals surface area (Å²) in [6.07, 6.45) is 2.92. The zero-order valence-electron chi connectivity index (χ0n) is 13.6. The topological polar surface area (TPSA) is 87.7 Å². The van der Waals surface area contributed by atoms with Crippen LogP contribution in [0.2, 0.25) is 0 Å². The van der Waals surface area contributed by atoms with Crippen LogP contribution >= 0.6 is 0 Å². The zero-order chi connectivity index (χ0) is 17.0. The van der Waals surface area contributed by atoms with Gasteiger partial charge in [0.05, 0.1) is 32.3 Å². The predicted molar refractivity (Wildman–Crippen MR) is 86.9 cm³/mol. The van der Waals surface area contributed by atoms with Crippen molar-refractivity contribution >= 4 is 5.91 Å². The summed E-state index contributed by atoms with van der Waals surface area (Å²) in [6, 6.07) is 7.60. The number of aromatic nitrogens is 2. The minimum atomic E-state index is -1.27. The maximum atomic E-state index is 12.5. The molecule has 1 aliphatic rings. The van der Waals surface area contributed by atoms with Gasteiger partial charge < -0.3 is 24.5 Å². The quantitative estimate of drug-likeness (QED) is 0.873. The Bertz CT molecular complexity index is 689. The molecule has 0 spiro atoms. The molecule has 7 heteroatoms. The van der Waals surface area contributed by atoms with Gasteiger partial charge in [0.15, 0.2) is 0 Å². The molecule has 1 aromatic heterocycles. The molecule has 1 fully saturated rings. The molecule has 0 aliphatic carbocycles. The lowest BCUT2D eigenvalue weighted by atomic mass is 10.1. The van der Waals surface area contributed by atoms with Gasteiger partial charge in [-0.3, -0.25) is 4.79 Å². The van der Waals surface area contributed by atoms with Crippen molar-refractivity contribution in [2.45, 2.75) is 12.5 Å². The number of ether oxygens (including phenoxy) is 2. The Morgan fingerprint density at radius 1 is 1.54 bits per heavy atom. The SMILES string of the molecule is Cc1cccc(OC[C@@]2(O)COCCN(C(=O)c3cnc[nH]3)C2)c1. The number of aryl methyl sites for hydroxylation is 1. The Balaban J connectivity index is 1.67. The van der Waals surface area contributed by atoms with Crippen molar-refractivity contribution in [2.24, 2.45) is 0 Å². The summed E-state index contributed by atoms with van der Waals surface area (Å²) < 4.78 is 11.2. The molecule has 0 radical (unpaired) electrons. The van der Waals surface area contributed by atoms with Crippen LogP contribution in [0.3, 0.4) is 0 Å². The first-order valence-electron chi connectivity index (χ1n) is 7.83. The van der Waals surface area contributed by atoms with Crippen LogP contribution in [0, 0.1) is 6.92 Å². The summed E-state index contributed by atoms with van der Waals surface area (Å²) in [4.78, 5) is 20.7. The highest BCUT2D eigenvalue weighted by atomic mass is 16.5. The molecule has 1 aromatic carbocycles. The molecular formula is C17H21N3O4. The molecule has 2 aromatic rings. The molecule has 2 heterocycles. The zero-order valence-corrected chi connectivity index (χ0v) is 13.6. The molecule has 3 rings (SSSR count). The summed E-state index contributed by atoms with van der Waals surface area (Å²) in [7, 11) is 0. The number of imidazole rings is 1. The lowest BCUT2D eigenvalue weighted by molar-refractivity contribution is -0.0621. The lowest BCUT2D eigenvalue weighted by Crippen LogP contribution is -2.50. The maximum Gasteiger partial charge on any atom is 0.272 e. The average molecular weight is 331 g/mol. The van der Waals surface area contributed by atoms with E-state index in [1.165, 1.54) is 12.5 Å². The van der Waals surface area contributed by atoms with Crippen molar-refractivity contribution in [3.63, 3.8) is 0 Å². The van der Waals surface area contributed by atoms with Gasteiger partial charge in [0.1, 0.15) is 23.7 Å². The van der Waals surface area contributed by atoms with Gasteiger partial charge in [-0.15, -0.1) is 0 Å². The second-order valence-electron chi connectivity index (χ2n) is 6.07. The molecule has 0 unspecified atom stereocenters. The number of carbonyl (C=O) groups is 1. The van der Waals surface area contributed by atoms with Crippen molar-refractivity contribution in [1.82, 2.24) is 14.9 Å². The van der Waals surface area contributed by atoms with Crippen LogP contribution in [0.1, 0.15) is 16.1 Å². The van der Waals surface area contributed by atoms with Crippen LogP contribution in [0.5, 0.6) is 5.75 Å². The molecule has 1 saturated heterocycles. The van der Waals surface area contributed by atoms with Crippen LogP contribution in [0.15, 0.2) is 36.8 Å². The monoisotopic (exact) mass is 331 g/mol. The van der Waals surface area contributed by atoms with Crippen molar-refractivity contribution in [3.8, 4) is 5.75 Å². The lowest BCUT2D eigenvalue weighted by Gasteiger charge is -2.30. The molecule has 1 amide bonds. The third-order valence-corrected chi connectivity index (χ3v) is 3.87. The fourth-order valence-corrected chi connectivity index (χ4v) is 2.64. The van der Waals surface area contributed by atoms with Crippen LogP contribution in [-0.4, -0.2) is 64.4 Å². The number of hydrogen-bond donors (Lipinski definition) is 2. The largest absolute Gasteiger partial charge is 0.490 e. The standard InChI is InChI=1S/C17H21N3O4/c1-13-3-2-4-14(7-13)24-11-17(22)9-20(5-6-23-10-17)16(21)15-8-18-12-19-15/h2-4,7-8,12,22H,5-6,9-11H2,1H3,(H,18,19)/t17-/m0/s1. The van der Waals surface area contributed by atoms with Gasteiger partial charge in [0, 0.05) is 6.54 Å². The molecule has 0 saturated carbocycles. The minimum absolute atomic E-state index is 0.0449. The highest BCUT2D eigenvalue weighted by Gasteiger charge is 2.36. The van der Waals surface area contributed by atoms with E-state index in [0.717, 1.165) is 5.56 Å². The van der Waals surface area contributed by atoms with Crippen molar-refractivity contribution in [3.05, 3.63) is 48.0 Å². The second kappa shape index (κ2) is 7.02. The number of carbonyl (C=O) groups excluding carboxylic acids is 1. The van der Waals surface area contributed by atoms with E-state index in [2.05, 4.69) is 9.97 Å². The molecule has 24 heavy (non-hydrogen) atoms. The fraction of sp³-hybridized carbons (Fsp3) is 0.412. The van der Waals surface area contributed by atoms with Crippen molar-refractivity contribution in [2.75, 3.05) is 32.9 Å². The molecule has 0 bridgehead atoms. The third kappa shape index (κ3) is 3.93. The fourth-order valence-electron chi connectivity index (χ4n) is 2.64. The first-order chi connectivity index (χ1) is 11.6. The van der Waals surface area contributed by atoms with E-state index in [1.54, 1.807) is 4.90 Å².